The average Bonchev–Trinajstić information content (AvgIpc) is 3.36. The molecule has 0 aliphatic carbocycles. The van der Waals surface area contributed by atoms with Crippen molar-refractivity contribution in [2.45, 2.75) is 17.7 Å². The monoisotopic (exact) mass is 479 g/mol. The van der Waals surface area contributed by atoms with Crippen LogP contribution in [0.15, 0.2) is 47.4 Å². The van der Waals surface area contributed by atoms with Gasteiger partial charge in [-0.3, -0.25) is 9.59 Å². The smallest absolute Gasteiger partial charge is 0.257 e. The van der Waals surface area contributed by atoms with Crippen LogP contribution < -0.4 is 0 Å². The largest absolute Gasteiger partial charge is 0.335 e. The summed E-state index contributed by atoms with van der Waals surface area (Å²) in [6.45, 7) is 1.98. The van der Waals surface area contributed by atoms with Gasteiger partial charge < -0.3 is 9.80 Å². The Bertz CT molecular complexity index is 1140. The molecule has 2 amide bonds. The second kappa shape index (κ2) is 9.17. The summed E-state index contributed by atoms with van der Waals surface area (Å²) >= 11 is 5.88. The van der Waals surface area contributed by atoms with E-state index < -0.39 is 21.7 Å². The van der Waals surface area contributed by atoms with Crippen molar-refractivity contribution >= 4 is 33.4 Å². The van der Waals surface area contributed by atoms with E-state index >= 15 is 0 Å². The van der Waals surface area contributed by atoms with Crippen molar-refractivity contribution in [3.8, 4) is 0 Å². The van der Waals surface area contributed by atoms with Gasteiger partial charge >= 0.3 is 0 Å². The van der Waals surface area contributed by atoms with Gasteiger partial charge in [0, 0.05) is 49.9 Å². The number of sulfonamides is 1. The quantitative estimate of drug-likeness (QED) is 0.675. The van der Waals surface area contributed by atoms with E-state index in [1.54, 1.807) is 17.0 Å². The molecule has 2 aromatic carbocycles. The van der Waals surface area contributed by atoms with Crippen LogP contribution in [0.25, 0.3) is 0 Å². The Hall–Kier alpha value is -2.49. The maximum atomic E-state index is 14.0. The summed E-state index contributed by atoms with van der Waals surface area (Å²) in [4.78, 5) is 28.8. The third-order valence-electron chi connectivity index (χ3n) is 5.80. The van der Waals surface area contributed by atoms with E-state index in [0.29, 0.717) is 13.1 Å². The van der Waals surface area contributed by atoms with E-state index in [9.17, 15) is 22.4 Å². The molecule has 0 atom stereocenters. The molecule has 0 aromatic heterocycles. The Morgan fingerprint density at radius 1 is 0.844 bits per heavy atom. The van der Waals surface area contributed by atoms with Gasteiger partial charge in [-0.2, -0.15) is 4.31 Å². The Balaban J connectivity index is 1.44. The van der Waals surface area contributed by atoms with Gasteiger partial charge in [-0.1, -0.05) is 17.7 Å². The van der Waals surface area contributed by atoms with Crippen molar-refractivity contribution in [2.75, 3.05) is 39.3 Å². The minimum Gasteiger partial charge on any atom is -0.335 e. The molecule has 7 nitrogen and oxygen atoms in total. The molecule has 0 saturated carbocycles. The van der Waals surface area contributed by atoms with Gasteiger partial charge in [-0.05, 0) is 49.2 Å². The molecule has 2 saturated heterocycles. The molecule has 4 rings (SSSR count). The van der Waals surface area contributed by atoms with Crippen molar-refractivity contribution in [3.63, 3.8) is 0 Å². The third kappa shape index (κ3) is 4.51. The zero-order valence-corrected chi connectivity index (χ0v) is 18.9. The van der Waals surface area contributed by atoms with Crippen molar-refractivity contribution in [1.29, 1.82) is 0 Å². The van der Waals surface area contributed by atoms with Crippen LogP contribution >= 0.6 is 11.6 Å². The molecular formula is C22H23ClFN3O4S. The minimum absolute atomic E-state index is 0.0999. The molecule has 0 bridgehead atoms. The summed E-state index contributed by atoms with van der Waals surface area (Å²) < 4.78 is 41.1. The molecule has 0 spiro atoms. The molecule has 0 N–H and O–H groups in total. The van der Waals surface area contributed by atoms with Crippen molar-refractivity contribution in [3.05, 3.63) is 64.4 Å². The number of benzene rings is 2. The molecule has 2 heterocycles. The van der Waals surface area contributed by atoms with Crippen LogP contribution in [-0.4, -0.2) is 73.6 Å². The molecule has 2 aliphatic heterocycles. The molecule has 32 heavy (non-hydrogen) atoms. The Kier molecular flexibility index (Phi) is 6.50. The highest BCUT2D eigenvalue weighted by molar-refractivity contribution is 7.89. The van der Waals surface area contributed by atoms with E-state index in [2.05, 4.69) is 0 Å². The fraction of sp³-hybridized carbons (Fsp3) is 0.364. The Morgan fingerprint density at radius 3 is 2.12 bits per heavy atom. The summed E-state index contributed by atoms with van der Waals surface area (Å²) in [5.74, 6) is -1.42. The second-order valence-electron chi connectivity index (χ2n) is 7.85. The maximum absolute atomic E-state index is 14.0. The number of rotatable bonds is 4. The number of hydrogen-bond acceptors (Lipinski definition) is 4. The number of halogens is 2. The SMILES string of the molecule is O=C(c1cccc(S(=O)(=O)N2CCCC2)c1)N1CCN(C(=O)c2cc(Cl)ccc2F)CC1. The first-order chi connectivity index (χ1) is 15.3. The molecule has 10 heteroatoms. The van der Waals surface area contributed by atoms with E-state index in [1.807, 2.05) is 0 Å². The molecule has 0 unspecified atom stereocenters. The van der Waals surface area contributed by atoms with Gasteiger partial charge in [-0.25, -0.2) is 12.8 Å². The summed E-state index contributed by atoms with van der Waals surface area (Å²) in [6, 6.07) is 9.89. The van der Waals surface area contributed by atoms with Crippen molar-refractivity contribution in [1.82, 2.24) is 14.1 Å². The summed E-state index contributed by atoms with van der Waals surface area (Å²) in [5.41, 5.74) is 0.183. The zero-order chi connectivity index (χ0) is 22.9. The van der Waals surface area contributed by atoms with Crippen LogP contribution in [0.5, 0.6) is 0 Å². The first-order valence-corrected chi connectivity index (χ1v) is 12.2. The normalized spacial score (nSPS) is 17.6. The molecular weight excluding hydrogens is 457 g/mol. The standard InChI is InChI=1S/C22H23ClFN3O4S/c23-17-6-7-20(24)19(15-17)22(29)26-12-10-25(11-13-26)21(28)16-4-3-5-18(14-16)32(30,31)27-8-1-2-9-27/h3-7,14-15H,1-2,8-13H2. The molecule has 2 aliphatic rings. The topological polar surface area (TPSA) is 78.0 Å². The van der Waals surface area contributed by atoms with Crippen LogP contribution in [0, 0.1) is 5.82 Å². The summed E-state index contributed by atoms with van der Waals surface area (Å²) in [5, 5.41) is 0.271. The fourth-order valence-corrected chi connectivity index (χ4v) is 5.73. The lowest BCUT2D eigenvalue weighted by molar-refractivity contribution is 0.0532. The predicted octanol–water partition coefficient (Wildman–Crippen LogP) is 2.86. The number of carbonyl (C=O) groups is 2. The molecule has 2 aromatic rings. The minimum atomic E-state index is -3.62. The van der Waals surface area contributed by atoms with E-state index in [-0.39, 0.29) is 53.1 Å². The first kappa shape index (κ1) is 22.7. The van der Waals surface area contributed by atoms with E-state index in [0.717, 1.165) is 18.9 Å². The van der Waals surface area contributed by atoms with Crippen LogP contribution in [0.4, 0.5) is 4.39 Å². The van der Waals surface area contributed by atoms with E-state index in [1.165, 1.54) is 33.5 Å². The van der Waals surface area contributed by atoms with Crippen LogP contribution in [0.2, 0.25) is 5.02 Å². The molecule has 2 fully saturated rings. The highest BCUT2D eigenvalue weighted by Crippen LogP contribution is 2.23. The van der Waals surface area contributed by atoms with Gasteiger partial charge in [-0.15, -0.1) is 0 Å². The highest BCUT2D eigenvalue weighted by Gasteiger charge is 2.30. The van der Waals surface area contributed by atoms with E-state index in [4.69, 9.17) is 11.6 Å². The summed E-state index contributed by atoms with van der Waals surface area (Å²) in [6.07, 6.45) is 1.67. The lowest BCUT2D eigenvalue weighted by Gasteiger charge is -2.35. The van der Waals surface area contributed by atoms with Gasteiger partial charge in [0.25, 0.3) is 11.8 Å². The number of carbonyl (C=O) groups excluding carboxylic acids is 2. The third-order valence-corrected chi connectivity index (χ3v) is 7.93. The zero-order valence-electron chi connectivity index (χ0n) is 17.3. The number of hydrogen-bond donors (Lipinski definition) is 0. The van der Waals surface area contributed by atoms with Crippen LogP contribution in [0.1, 0.15) is 33.6 Å². The van der Waals surface area contributed by atoms with Crippen LogP contribution in [-0.2, 0) is 10.0 Å². The number of amides is 2. The fourth-order valence-electron chi connectivity index (χ4n) is 3.99. The summed E-state index contributed by atoms with van der Waals surface area (Å²) in [7, 11) is -3.62. The van der Waals surface area contributed by atoms with Gasteiger partial charge in [0.1, 0.15) is 5.82 Å². The molecule has 0 radical (unpaired) electrons. The van der Waals surface area contributed by atoms with Gasteiger partial charge in [0.2, 0.25) is 10.0 Å². The van der Waals surface area contributed by atoms with Crippen molar-refractivity contribution in [2.24, 2.45) is 0 Å². The lowest BCUT2D eigenvalue weighted by atomic mass is 10.1. The van der Waals surface area contributed by atoms with Crippen molar-refractivity contribution < 1.29 is 22.4 Å². The predicted molar refractivity (Wildman–Crippen MR) is 118 cm³/mol. The highest BCUT2D eigenvalue weighted by atomic mass is 35.5. The van der Waals surface area contributed by atoms with Crippen LogP contribution in [0.3, 0.4) is 0 Å². The number of piperazine rings is 1. The maximum Gasteiger partial charge on any atom is 0.257 e. The Labute approximate surface area is 191 Å². The number of nitrogens with zero attached hydrogens (tertiary/aromatic N) is 3. The Morgan fingerprint density at radius 2 is 1.47 bits per heavy atom. The molecule has 170 valence electrons. The van der Waals surface area contributed by atoms with Gasteiger partial charge in [0.15, 0.2) is 0 Å². The lowest BCUT2D eigenvalue weighted by Crippen LogP contribution is -2.50. The van der Waals surface area contributed by atoms with Gasteiger partial charge in [0.05, 0.1) is 10.5 Å². The second-order valence-corrected chi connectivity index (χ2v) is 10.2. The average molecular weight is 480 g/mol. The first-order valence-electron chi connectivity index (χ1n) is 10.4.